The highest BCUT2D eigenvalue weighted by Crippen LogP contribution is 2.31. The minimum absolute atomic E-state index is 0.0314. The molecular weight excluding hydrogens is 418 g/mol. The molecule has 0 aliphatic heterocycles. The van der Waals surface area contributed by atoms with Gasteiger partial charge in [-0.3, -0.25) is 14.9 Å². The van der Waals surface area contributed by atoms with Crippen molar-refractivity contribution in [1.29, 1.82) is 0 Å². The first-order valence-corrected chi connectivity index (χ1v) is 10.2. The van der Waals surface area contributed by atoms with E-state index in [1.165, 1.54) is 24.3 Å². The van der Waals surface area contributed by atoms with Gasteiger partial charge in [0, 0.05) is 29.5 Å². The Kier molecular flexibility index (Phi) is 5.12. The van der Waals surface area contributed by atoms with E-state index in [-0.39, 0.29) is 11.6 Å². The third-order valence-corrected chi connectivity index (χ3v) is 5.18. The molecule has 160 valence electrons. The van der Waals surface area contributed by atoms with Crippen molar-refractivity contribution in [3.8, 4) is 11.5 Å². The smallest absolute Gasteiger partial charge is 0.270 e. The molecule has 0 saturated carbocycles. The molecule has 1 aromatic heterocycles. The van der Waals surface area contributed by atoms with E-state index in [2.05, 4.69) is 10.3 Å². The van der Waals surface area contributed by atoms with Crippen LogP contribution in [0.15, 0.2) is 95.4 Å². The lowest BCUT2D eigenvalue weighted by Gasteiger charge is -2.01. The first-order chi connectivity index (χ1) is 16.1. The monoisotopic (exact) mass is 435 g/mol. The van der Waals surface area contributed by atoms with Gasteiger partial charge in [-0.15, -0.1) is 0 Å². The van der Waals surface area contributed by atoms with Gasteiger partial charge < -0.3 is 9.73 Å². The number of nitrogens with one attached hydrogen (secondary N) is 1. The van der Waals surface area contributed by atoms with E-state index in [1.807, 2.05) is 42.5 Å². The maximum Gasteiger partial charge on any atom is 0.270 e. The fourth-order valence-corrected chi connectivity index (χ4v) is 3.63. The van der Waals surface area contributed by atoms with Crippen LogP contribution in [0.3, 0.4) is 0 Å². The van der Waals surface area contributed by atoms with Crippen LogP contribution < -0.4 is 5.32 Å². The normalized spacial score (nSPS) is 11.3. The molecule has 1 N–H and O–H groups in total. The predicted molar refractivity (Wildman–Crippen MR) is 128 cm³/mol. The Balaban J connectivity index is 1.37. The zero-order chi connectivity index (χ0) is 22.8. The highest BCUT2D eigenvalue weighted by atomic mass is 16.6. The number of carbonyl (C=O) groups is 1. The molecule has 0 fully saturated rings. The Morgan fingerprint density at radius 3 is 2.67 bits per heavy atom. The van der Waals surface area contributed by atoms with Crippen molar-refractivity contribution in [2.45, 2.75) is 0 Å². The van der Waals surface area contributed by atoms with E-state index in [4.69, 9.17) is 4.42 Å². The number of benzene rings is 4. The molecule has 4 aromatic carbocycles. The van der Waals surface area contributed by atoms with Gasteiger partial charge in [0.1, 0.15) is 5.52 Å². The summed E-state index contributed by atoms with van der Waals surface area (Å²) in [6.45, 7) is 0. The zero-order valence-corrected chi connectivity index (χ0v) is 17.3. The van der Waals surface area contributed by atoms with Crippen LogP contribution >= 0.6 is 0 Å². The highest BCUT2D eigenvalue weighted by molar-refractivity contribution is 6.03. The molecule has 0 saturated heterocycles. The summed E-state index contributed by atoms with van der Waals surface area (Å²) < 4.78 is 5.97. The van der Waals surface area contributed by atoms with Crippen molar-refractivity contribution in [2.24, 2.45) is 0 Å². The summed E-state index contributed by atoms with van der Waals surface area (Å²) >= 11 is 0. The molecule has 0 radical (unpaired) electrons. The van der Waals surface area contributed by atoms with Crippen LogP contribution in [0, 0.1) is 10.1 Å². The van der Waals surface area contributed by atoms with Gasteiger partial charge in [-0.1, -0.05) is 48.5 Å². The van der Waals surface area contributed by atoms with Crippen LogP contribution in [0.2, 0.25) is 0 Å². The van der Waals surface area contributed by atoms with Gasteiger partial charge in [-0.2, -0.15) is 0 Å². The number of rotatable bonds is 5. The number of nitro benzene ring substituents is 1. The molecule has 1 amide bonds. The molecule has 7 heteroatoms. The van der Waals surface area contributed by atoms with E-state index < -0.39 is 4.92 Å². The Bertz CT molecular complexity index is 1550. The molecule has 33 heavy (non-hydrogen) atoms. The second kappa shape index (κ2) is 8.39. The fourth-order valence-electron chi connectivity index (χ4n) is 3.63. The molecule has 0 aliphatic carbocycles. The summed E-state index contributed by atoms with van der Waals surface area (Å²) in [5.41, 5.74) is 3.23. The SMILES string of the molecule is O=C(C=Cc1cccc([N+](=O)[O-])c1)Nc1ccc2oc(-c3cccc4ccccc34)nc2c1. The van der Waals surface area contributed by atoms with Crippen LogP contribution in [0.1, 0.15) is 5.56 Å². The van der Waals surface area contributed by atoms with E-state index in [1.54, 1.807) is 30.3 Å². The van der Waals surface area contributed by atoms with E-state index in [0.29, 0.717) is 28.2 Å². The lowest BCUT2D eigenvalue weighted by molar-refractivity contribution is -0.384. The lowest BCUT2D eigenvalue weighted by atomic mass is 10.0. The number of aromatic nitrogens is 1. The van der Waals surface area contributed by atoms with Crippen molar-refractivity contribution < 1.29 is 14.1 Å². The molecule has 0 spiro atoms. The summed E-state index contributed by atoms with van der Waals surface area (Å²) in [5.74, 6) is 0.148. The lowest BCUT2D eigenvalue weighted by Crippen LogP contribution is -2.07. The maximum absolute atomic E-state index is 12.3. The predicted octanol–water partition coefficient (Wildman–Crippen LogP) is 6.21. The van der Waals surface area contributed by atoms with Crippen molar-refractivity contribution in [2.75, 3.05) is 5.32 Å². The van der Waals surface area contributed by atoms with Crippen molar-refractivity contribution in [1.82, 2.24) is 4.98 Å². The third kappa shape index (κ3) is 4.20. The van der Waals surface area contributed by atoms with E-state index in [9.17, 15) is 14.9 Å². The Hall–Kier alpha value is -4.78. The van der Waals surface area contributed by atoms with Gasteiger partial charge in [0.15, 0.2) is 5.58 Å². The maximum atomic E-state index is 12.3. The average Bonchev–Trinajstić information content (AvgIpc) is 3.26. The third-order valence-electron chi connectivity index (χ3n) is 5.18. The molecule has 1 heterocycles. The summed E-state index contributed by atoms with van der Waals surface area (Å²) in [6, 6.07) is 25.3. The molecule has 5 aromatic rings. The molecule has 7 nitrogen and oxygen atoms in total. The van der Waals surface area contributed by atoms with Crippen molar-refractivity contribution in [3.63, 3.8) is 0 Å². The van der Waals surface area contributed by atoms with Gasteiger partial charge in [0.25, 0.3) is 5.69 Å². The minimum Gasteiger partial charge on any atom is -0.436 e. The van der Waals surface area contributed by atoms with Gasteiger partial charge in [0.2, 0.25) is 11.8 Å². The van der Waals surface area contributed by atoms with Gasteiger partial charge in [-0.25, -0.2) is 4.98 Å². The second-order valence-corrected chi connectivity index (χ2v) is 7.40. The summed E-state index contributed by atoms with van der Waals surface area (Å²) in [7, 11) is 0. The Morgan fingerprint density at radius 1 is 0.970 bits per heavy atom. The van der Waals surface area contributed by atoms with Gasteiger partial charge in [-0.05, 0) is 46.7 Å². The molecular formula is C26H17N3O4. The van der Waals surface area contributed by atoms with Crippen LogP contribution in [0.5, 0.6) is 0 Å². The number of nitrogens with zero attached hydrogens (tertiary/aromatic N) is 2. The Morgan fingerprint density at radius 2 is 1.79 bits per heavy atom. The van der Waals surface area contributed by atoms with Crippen LogP contribution in [0.25, 0.3) is 39.4 Å². The second-order valence-electron chi connectivity index (χ2n) is 7.40. The molecule has 0 bridgehead atoms. The van der Waals surface area contributed by atoms with Gasteiger partial charge in [0.05, 0.1) is 4.92 Å². The molecule has 5 rings (SSSR count). The average molecular weight is 435 g/mol. The number of nitro groups is 1. The van der Waals surface area contributed by atoms with E-state index in [0.717, 1.165) is 16.3 Å². The number of oxazole rings is 1. The van der Waals surface area contributed by atoms with Gasteiger partial charge >= 0.3 is 0 Å². The van der Waals surface area contributed by atoms with E-state index >= 15 is 0 Å². The van der Waals surface area contributed by atoms with Crippen LogP contribution in [0.4, 0.5) is 11.4 Å². The van der Waals surface area contributed by atoms with Crippen molar-refractivity contribution >= 4 is 45.2 Å². The number of anilines is 1. The summed E-state index contributed by atoms with van der Waals surface area (Å²) in [4.78, 5) is 27.4. The number of fused-ring (bicyclic) bond motifs is 2. The first kappa shape index (κ1) is 20.1. The first-order valence-electron chi connectivity index (χ1n) is 10.2. The molecule has 0 atom stereocenters. The topological polar surface area (TPSA) is 98.3 Å². The standard InChI is InChI=1S/C26H17N3O4/c30-25(14-11-17-5-3-8-20(15-17)29(31)32)27-19-12-13-24-23(16-19)28-26(33-24)22-10-4-7-18-6-1-2-9-21(18)22/h1-16H,(H,27,30). The number of hydrogen-bond acceptors (Lipinski definition) is 5. The summed E-state index contributed by atoms with van der Waals surface area (Å²) in [6.07, 6.45) is 2.85. The van der Waals surface area contributed by atoms with Crippen LogP contribution in [-0.4, -0.2) is 15.8 Å². The quantitative estimate of drug-likeness (QED) is 0.201. The number of carbonyl (C=O) groups excluding carboxylic acids is 1. The van der Waals surface area contributed by atoms with Crippen molar-refractivity contribution in [3.05, 3.63) is 107 Å². The number of non-ortho nitro benzene ring substituents is 1. The minimum atomic E-state index is -0.475. The number of hydrogen-bond donors (Lipinski definition) is 1. The molecule has 0 aliphatic rings. The van der Waals surface area contributed by atoms with Crippen LogP contribution in [-0.2, 0) is 4.79 Å². The fraction of sp³-hybridized carbons (Fsp3) is 0. The highest BCUT2D eigenvalue weighted by Gasteiger charge is 2.12. The Labute approximate surface area is 188 Å². The molecule has 0 unspecified atom stereocenters. The summed E-state index contributed by atoms with van der Waals surface area (Å²) in [5, 5.41) is 15.8. The largest absolute Gasteiger partial charge is 0.436 e. The zero-order valence-electron chi connectivity index (χ0n) is 17.3. The number of amides is 1.